The van der Waals surface area contributed by atoms with E-state index in [1.807, 2.05) is 12.1 Å². The zero-order valence-electron chi connectivity index (χ0n) is 12.5. The molecule has 1 aromatic heterocycles. The van der Waals surface area contributed by atoms with E-state index in [2.05, 4.69) is 31.4 Å². The molecule has 0 N–H and O–H groups in total. The monoisotopic (exact) mass is 294 g/mol. The fourth-order valence-corrected chi connectivity index (χ4v) is 2.51. The van der Waals surface area contributed by atoms with Gasteiger partial charge in [-0.3, -0.25) is 0 Å². The molecule has 0 unspecified atom stereocenters. The number of nitrogens with zero attached hydrogens (tertiary/aromatic N) is 2. The second-order valence-electron chi connectivity index (χ2n) is 5.44. The van der Waals surface area contributed by atoms with E-state index in [0.717, 1.165) is 48.6 Å². The molecule has 110 valence electrons. The summed E-state index contributed by atoms with van der Waals surface area (Å²) in [5.41, 5.74) is 2.11. The highest BCUT2D eigenvalue weighted by molar-refractivity contribution is 6.17. The van der Waals surface area contributed by atoms with Crippen LogP contribution in [-0.4, -0.2) is 22.0 Å². The Morgan fingerprint density at radius 3 is 2.80 bits per heavy atom. The molecule has 0 spiro atoms. The number of para-hydroxylation sites is 1. The fraction of sp³-hybridized carbons (Fsp3) is 0.562. The average molecular weight is 295 g/mol. The molecule has 1 heterocycles. The number of benzene rings is 1. The molecular weight excluding hydrogens is 272 g/mol. The Hall–Kier alpha value is -1.22. The summed E-state index contributed by atoms with van der Waals surface area (Å²) in [5, 5.41) is 0. The summed E-state index contributed by atoms with van der Waals surface area (Å²) in [6.45, 7) is 8.22. The van der Waals surface area contributed by atoms with Crippen molar-refractivity contribution in [3.05, 3.63) is 24.0 Å². The fourth-order valence-electron chi connectivity index (χ4n) is 2.34. The molecule has 4 heteroatoms. The largest absolute Gasteiger partial charge is 0.491 e. The highest BCUT2D eigenvalue weighted by Crippen LogP contribution is 2.27. The van der Waals surface area contributed by atoms with E-state index in [4.69, 9.17) is 21.3 Å². The SMILES string of the molecule is CCCOc1cccc2c1nc(CCCl)n2CC(C)C. The van der Waals surface area contributed by atoms with E-state index < -0.39 is 0 Å². The molecule has 0 saturated heterocycles. The summed E-state index contributed by atoms with van der Waals surface area (Å²) < 4.78 is 8.09. The first-order chi connectivity index (χ1) is 9.67. The van der Waals surface area contributed by atoms with Gasteiger partial charge in [0, 0.05) is 18.8 Å². The van der Waals surface area contributed by atoms with E-state index in [-0.39, 0.29) is 0 Å². The van der Waals surface area contributed by atoms with Crippen molar-refractivity contribution in [2.24, 2.45) is 5.92 Å². The maximum Gasteiger partial charge on any atom is 0.147 e. The van der Waals surface area contributed by atoms with Crippen LogP contribution in [0.25, 0.3) is 11.0 Å². The third-order valence-electron chi connectivity index (χ3n) is 3.15. The number of hydrogen-bond acceptors (Lipinski definition) is 2. The molecular formula is C16H23ClN2O. The lowest BCUT2D eigenvalue weighted by Crippen LogP contribution is -2.09. The smallest absolute Gasteiger partial charge is 0.147 e. The Morgan fingerprint density at radius 1 is 1.35 bits per heavy atom. The van der Waals surface area contributed by atoms with Gasteiger partial charge in [0.2, 0.25) is 0 Å². The first-order valence-corrected chi connectivity index (χ1v) is 7.87. The summed E-state index contributed by atoms with van der Waals surface area (Å²) in [6, 6.07) is 6.15. The molecule has 0 amide bonds. The third kappa shape index (κ3) is 3.26. The van der Waals surface area contributed by atoms with Crippen molar-refractivity contribution in [1.82, 2.24) is 9.55 Å². The van der Waals surface area contributed by atoms with Crippen LogP contribution in [0.3, 0.4) is 0 Å². The van der Waals surface area contributed by atoms with E-state index in [1.165, 1.54) is 0 Å². The van der Waals surface area contributed by atoms with Gasteiger partial charge in [0.05, 0.1) is 12.1 Å². The van der Waals surface area contributed by atoms with Gasteiger partial charge in [-0.1, -0.05) is 26.8 Å². The van der Waals surface area contributed by atoms with Gasteiger partial charge >= 0.3 is 0 Å². The van der Waals surface area contributed by atoms with Crippen molar-refractivity contribution < 1.29 is 4.74 Å². The Labute approximate surface area is 125 Å². The second-order valence-corrected chi connectivity index (χ2v) is 5.82. The minimum atomic E-state index is 0.571. The molecule has 0 aliphatic heterocycles. The van der Waals surface area contributed by atoms with Gasteiger partial charge in [-0.25, -0.2) is 4.98 Å². The van der Waals surface area contributed by atoms with E-state index in [0.29, 0.717) is 11.8 Å². The minimum Gasteiger partial charge on any atom is -0.491 e. The molecule has 2 aromatic rings. The van der Waals surface area contributed by atoms with Gasteiger partial charge in [-0.15, -0.1) is 11.6 Å². The van der Waals surface area contributed by atoms with Gasteiger partial charge in [0.25, 0.3) is 0 Å². The molecule has 20 heavy (non-hydrogen) atoms. The highest BCUT2D eigenvalue weighted by atomic mass is 35.5. The van der Waals surface area contributed by atoms with Gasteiger partial charge in [0.1, 0.15) is 17.1 Å². The van der Waals surface area contributed by atoms with Gasteiger partial charge in [-0.2, -0.15) is 0 Å². The number of halogens is 1. The summed E-state index contributed by atoms with van der Waals surface area (Å²) in [7, 11) is 0. The molecule has 0 fully saturated rings. The zero-order valence-corrected chi connectivity index (χ0v) is 13.3. The molecule has 0 aliphatic carbocycles. The van der Waals surface area contributed by atoms with Crippen LogP contribution in [0.4, 0.5) is 0 Å². The van der Waals surface area contributed by atoms with Crippen molar-refractivity contribution in [2.45, 2.75) is 40.2 Å². The lowest BCUT2D eigenvalue weighted by atomic mass is 10.2. The first-order valence-electron chi connectivity index (χ1n) is 7.34. The van der Waals surface area contributed by atoms with Crippen LogP contribution in [0.5, 0.6) is 5.75 Å². The Kier molecular flexibility index (Phi) is 5.30. The van der Waals surface area contributed by atoms with Crippen LogP contribution in [0, 0.1) is 5.92 Å². The minimum absolute atomic E-state index is 0.571. The lowest BCUT2D eigenvalue weighted by molar-refractivity contribution is 0.320. The summed E-state index contributed by atoms with van der Waals surface area (Å²) in [4.78, 5) is 4.76. The van der Waals surface area contributed by atoms with Crippen LogP contribution in [0.1, 0.15) is 33.0 Å². The van der Waals surface area contributed by atoms with Crippen LogP contribution in [-0.2, 0) is 13.0 Å². The lowest BCUT2D eigenvalue weighted by Gasteiger charge is -2.11. The van der Waals surface area contributed by atoms with Crippen molar-refractivity contribution in [2.75, 3.05) is 12.5 Å². The van der Waals surface area contributed by atoms with Crippen LogP contribution < -0.4 is 4.74 Å². The maximum atomic E-state index is 5.91. The number of hydrogen-bond donors (Lipinski definition) is 0. The molecule has 2 rings (SSSR count). The molecule has 0 aliphatic rings. The van der Waals surface area contributed by atoms with E-state index >= 15 is 0 Å². The average Bonchev–Trinajstić information content (AvgIpc) is 2.75. The Bertz CT molecular complexity index is 563. The number of alkyl halides is 1. The predicted octanol–water partition coefficient (Wildman–Crippen LogP) is 4.26. The topological polar surface area (TPSA) is 27.1 Å². The Morgan fingerprint density at radius 2 is 2.15 bits per heavy atom. The third-order valence-corrected chi connectivity index (χ3v) is 3.34. The molecule has 3 nitrogen and oxygen atoms in total. The standard InChI is InChI=1S/C16H23ClN2O/c1-4-10-20-14-7-5-6-13-16(14)18-15(8-9-17)19(13)11-12(2)3/h5-7,12H,4,8-11H2,1-3H3. The summed E-state index contributed by atoms with van der Waals surface area (Å²) in [5.74, 6) is 3.09. The number of aryl methyl sites for hydroxylation is 1. The van der Waals surface area contributed by atoms with Gasteiger partial charge in [0.15, 0.2) is 0 Å². The van der Waals surface area contributed by atoms with Crippen molar-refractivity contribution in [1.29, 1.82) is 0 Å². The summed E-state index contributed by atoms with van der Waals surface area (Å²) in [6.07, 6.45) is 1.79. The van der Waals surface area contributed by atoms with Gasteiger partial charge < -0.3 is 9.30 Å². The number of ether oxygens (including phenoxy) is 1. The van der Waals surface area contributed by atoms with Crippen molar-refractivity contribution in [3.63, 3.8) is 0 Å². The number of rotatable bonds is 7. The van der Waals surface area contributed by atoms with E-state index in [9.17, 15) is 0 Å². The summed E-state index contributed by atoms with van der Waals surface area (Å²) >= 11 is 5.91. The number of aromatic nitrogens is 2. The zero-order chi connectivity index (χ0) is 14.5. The van der Waals surface area contributed by atoms with Crippen molar-refractivity contribution in [3.8, 4) is 5.75 Å². The number of imidazole rings is 1. The molecule has 0 radical (unpaired) electrons. The normalized spacial score (nSPS) is 11.4. The first kappa shape index (κ1) is 15.2. The highest BCUT2D eigenvalue weighted by Gasteiger charge is 2.14. The molecule has 0 atom stereocenters. The van der Waals surface area contributed by atoms with Crippen LogP contribution in [0.2, 0.25) is 0 Å². The van der Waals surface area contributed by atoms with E-state index in [1.54, 1.807) is 0 Å². The quantitative estimate of drug-likeness (QED) is 0.713. The Balaban J connectivity index is 2.48. The second kappa shape index (κ2) is 6.98. The number of fused-ring (bicyclic) bond motifs is 1. The van der Waals surface area contributed by atoms with Gasteiger partial charge in [-0.05, 0) is 24.5 Å². The molecule has 0 saturated carbocycles. The van der Waals surface area contributed by atoms with Crippen LogP contribution >= 0.6 is 11.6 Å². The predicted molar refractivity (Wildman–Crippen MR) is 84.8 cm³/mol. The van der Waals surface area contributed by atoms with Crippen LogP contribution in [0.15, 0.2) is 18.2 Å². The molecule has 0 bridgehead atoms. The molecule has 1 aromatic carbocycles. The maximum absolute atomic E-state index is 5.91. The van der Waals surface area contributed by atoms with Crippen molar-refractivity contribution >= 4 is 22.6 Å².